The average molecular weight is 194 g/mol. The van der Waals surface area contributed by atoms with Crippen molar-refractivity contribution in [3.05, 3.63) is 12.2 Å². The Morgan fingerprint density at radius 3 is 1.75 bits per heavy atom. The zero-order chi connectivity index (χ0) is 10.1. The normalized spacial score (nSPS) is 8.08. The molecule has 0 amide bonds. The van der Waals surface area contributed by atoms with Crippen molar-refractivity contribution in [2.24, 2.45) is 0 Å². The van der Waals surface area contributed by atoms with Crippen LogP contribution in [-0.2, 0) is 14.2 Å². The maximum atomic E-state index is 9.87. The van der Waals surface area contributed by atoms with Crippen molar-refractivity contribution in [1.29, 1.82) is 0 Å². The summed E-state index contributed by atoms with van der Waals surface area (Å²) in [6.45, 7) is 3.01. The number of hydrogen-bond donors (Lipinski definition) is 3. The molecular formula is C5H7O6P. The van der Waals surface area contributed by atoms with Crippen molar-refractivity contribution in [1.82, 2.24) is 0 Å². The molecule has 0 aromatic rings. The van der Waals surface area contributed by atoms with Crippen LogP contribution in [0.5, 0.6) is 0 Å². The van der Waals surface area contributed by atoms with Crippen LogP contribution in [0.3, 0.4) is 0 Å². The molecule has 0 aromatic carbocycles. The first-order valence-corrected chi connectivity index (χ1v) is 3.31. The molecule has 0 bridgehead atoms. The van der Waals surface area contributed by atoms with Crippen molar-refractivity contribution in [3.8, 4) is 0 Å². The summed E-state index contributed by atoms with van der Waals surface area (Å²) in [4.78, 5) is 26.6. The highest BCUT2D eigenvalue weighted by molar-refractivity contribution is 7.16. The first kappa shape index (κ1) is 13.3. The third-order valence-electron chi connectivity index (χ3n) is 0.667. The molecule has 0 saturated heterocycles. The maximum Gasteiger partial charge on any atom is 0.331 e. The fourth-order valence-electron chi connectivity index (χ4n) is 0.258. The smallest absolute Gasteiger partial charge is 0.331 e. The van der Waals surface area contributed by atoms with Crippen LogP contribution in [0.4, 0.5) is 0 Å². The van der Waals surface area contributed by atoms with Crippen LogP contribution in [0.15, 0.2) is 12.2 Å². The molecule has 0 atom stereocenters. The van der Waals surface area contributed by atoms with Gasteiger partial charge in [-0.15, -0.1) is 0 Å². The van der Waals surface area contributed by atoms with Gasteiger partial charge < -0.3 is 15.1 Å². The van der Waals surface area contributed by atoms with E-state index in [1.807, 2.05) is 0 Å². The fraction of sp³-hybridized carbons (Fsp3) is 0.200. The van der Waals surface area contributed by atoms with Crippen molar-refractivity contribution >= 4 is 20.6 Å². The van der Waals surface area contributed by atoms with Crippen molar-refractivity contribution in [3.63, 3.8) is 0 Å². The van der Waals surface area contributed by atoms with E-state index < -0.39 is 27.0 Å². The highest BCUT2D eigenvalue weighted by atomic mass is 31.1. The molecule has 3 N–H and O–H groups in total. The molecule has 0 aromatic heterocycles. The average Bonchev–Trinajstić information content (AvgIpc) is 1.87. The summed E-state index contributed by atoms with van der Waals surface area (Å²) in [5.74, 6) is -2.44. The number of carbonyl (C=O) groups is 2. The lowest BCUT2D eigenvalue weighted by molar-refractivity contribution is -0.139. The Hall–Kier alpha value is -1.26. The second-order valence-electron chi connectivity index (χ2n) is 1.56. The molecule has 0 aliphatic rings. The highest BCUT2D eigenvalue weighted by Gasteiger charge is 2.07. The zero-order valence-electron chi connectivity index (χ0n) is 5.93. The maximum absolute atomic E-state index is 9.87. The molecule has 7 heteroatoms. The Morgan fingerprint density at radius 1 is 1.33 bits per heavy atom. The number of carboxylic acids is 2. The monoisotopic (exact) mass is 194 g/mol. The number of hydrogen-bond acceptors (Lipinski definition) is 3. The Balaban J connectivity index is 0. The van der Waals surface area contributed by atoms with Crippen LogP contribution in [0.25, 0.3) is 0 Å². The van der Waals surface area contributed by atoms with Gasteiger partial charge in [-0.05, 0) is 0 Å². The van der Waals surface area contributed by atoms with E-state index in [0.29, 0.717) is 0 Å². The molecule has 6 nitrogen and oxygen atoms in total. The van der Waals surface area contributed by atoms with E-state index in [1.54, 1.807) is 0 Å². The third-order valence-corrected chi connectivity index (χ3v) is 0.667. The van der Waals surface area contributed by atoms with Gasteiger partial charge in [-0.25, -0.2) is 9.36 Å². The summed E-state index contributed by atoms with van der Waals surface area (Å²) >= 11 is 0. The Bertz CT molecular complexity index is 198. The van der Waals surface area contributed by atoms with Gasteiger partial charge in [0.25, 0.3) is 0 Å². The summed E-state index contributed by atoms with van der Waals surface area (Å²) in [7, 11) is -0.833. The van der Waals surface area contributed by atoms with Gasteiger partial charge in [0, 0.05) is 5.57 Å². The van der Waals surface area contributed by atoms with E-state index in [9.17, 15) is 9.59 Å². The first-order chi connectivity index (χ1) is 5.45. The molecule has 12 heavy (non-hydrogen) atoms. The van der Waals surface area contributed by atoms with Crippen LogP contribution < -0.4 is 0 Å². The Kier molecular flexibility index (Phi) is 8.72. The highest BCUT2D eigenvalue weighted by Crippen LogP contribution is 1.95. The van der Waals surface area contributed by atoms with E-state index in [2.05, 4.69) is 6.58 Å². The van der Waals surface area contributed by atoms with Crippen molar-refractivity contribution in [2.45, 2.75) is 6.42 Å². The van der Waals surface area contributed by atoms with Gasteiger partial charge >= 0.3 is 20.6 Å². The van der Waals surface area contributed by atoms with Gasteiger partial charge in [0.1, 0.15) is 0 Å². The lowest BCUT2D eigenvalue weighted by Crippen LogP contribution is -2.04. The summed E-state index contributed by atoms with van der Waals surface area (Å²) < 4.78 is 8.46. The lowest BCUT2D eigenvalue weighted by Gasteiger charge is -1.91. The van der Waals surface area contributed by atoms with E-state index in [1.165, 1.54) is 0 Å². The molecule has 0 heterocycles. The van der Waals surface area contributed by atoms with E-state index in [4.69, 9.17) is 19.7 Å². The second-order valence-corrected chi connectivity index (χ2v) is 1.72. The Morgan fingerprint density at radius 2 is 1.67 bits per heavy atom. The number of carboxylic acid groups (broad SMARTS) is 2. The van der Waals surface area contributed by atoms with E-state index in [-0.39, 0.29) is 5.57 Å². The lowest BCUT2D eigenvalue weighted by atomic mass is 10.2. The van der Waals surface area contributed by atoms with Gasteiger partial charge in [-0.1, -0.05) is 6.58 Å². The van der Waals surface area contributed by atoms with Gasteiger partial charge in [-0.2, -0.15) is 0 Å². The molecular weight excluding hydrogens is 187 g/mol. The van der Waals surface area contributed by atoms with Crippen LogP contribution in [-0.4, -0.2) is 27.0 Å². The second kappa shape index (κ2) is 7.84. The predicted octanol–water partition coefficient (Wildman–Crippen LogP) is 0.287. The first-order valence-electron chi connectivity index (χ1n) is 2.55. The SMILES string of the molecule is C=C(CC(=O)O)C(=O)O.O=PO. The van der Waals surface area contributed by atoms with E-state index >= 15 is 0 Å². The van der Waals surface area contributed by atoms with Crippen LogP contribution in [0.2, 0.25) is 0 Å². The molecule has 0 fully saturated rings. The third kappa shape index (κ3) is 11.5. The summed E-state index contributed by atoms with van der Waals surface area (Å²) in [5, 5.41) is 16.1. The standard InChI is InChI=1S/C5H6O4.HO2P/c1-3(5(8)9)2-4(6)7;1-3-2/h1-2H2,(H,6,7)(H,8,9);(H,1,2). The molecule has 0 rings (SSSR count). The molecule has 0 radical (unpaired) electrons. The molecule has 0 unspecified atom stereocenters. The Labute approximate surface area is 69.4 Å². The van der Waals surface area contributed by atoms with Gasteiger partial charge in [0.05, 0.1) is 6.42 Å². The van der Waals surface area contributed by atoms with Gasteiger partial charge in [-0.3, -0.25) is 4.79 Å². The van der Waals surface area contributed by atoms with Gasteiger partial charge in [0.15, 0.2) is 0 Å². The molecule has 0 aliphatic heterocycles. The van der Waals surface area contributed by atoms with E-state index in [0.717, 1.165) is 0 Å². The summed E-state index contributed by atoms with van der Waals surface area (Å²) in [5.41, 5.74) is -0.303. The number of rotatable bonds is 3. The van der Waals surface area contributed by atoms with Gasteiger partial charge in [0.2, 0.25) is 0 Å². The minimum absolute atomic E-state index is 0.303. The summed E-state index contributed by atoms with van der Waals surface area (Å²) in [6.07, 6.45) is -0.505. The largest absolute Gasteiger partial charge is 0.481 e. The molecule has 0 spiro atoms. The van der Waals surface area contributed by atoms with Crippen LogP contribution >= 0.6 is 8.69 Å². The fourth-order valence-corrected chi connectivity index (χ4v) is 0.258. The molecule has 0 aliphatic carbocycles. The zero-order valence-corrected chi connectivity index (χ0v) is 6.82. The minimum atomic E-state index is -1.27. The van der Waals surface area contributed by atoms with Crippen molar-refractivity contribution in [2.75, 3.05) is 0 Å². The quantitative estimate of drug-likeness (QED) is 0.439. The minimum Gasteiger partial charge on any atom is -0.481 e. The number of aliphatic carboxylic acids is 2. The van der Waals surface area contributed by atoms with Crippen molar-refractivity contribution < 1.29 is 29.3 Å². The predicted molar refractivity (Wildman–Crippen MR) is 38.9 cm³/mol. The van der Waals surface area contributed by atoms with Crippen LogP contribution in [0.1, 0.15) is 6.42 Å². The summed E-state index contributed by atoms with van der Waals surface area (Å²) in [6, 6.07) is 0. The molecule has 68 valence electrons. The van der Waals surface area contributed by atoms with Crippen LogP contribution in [0, 0.1) is 0 Å². The topological polar surface area (TPSA) is 112 Å². The molecule has 0 saturated carbocycles.